The van der Waals surface area contributed by atoms with Gasteiger partial charge in [0.1, 0.15) is 0 Å². The normalized spacial score (nSPS) is 11.9. The van der Waals surface area contributed by atoms with Gasteiger partial charge in [-0.05, 0) is 34.0 Å². The average molecular weight is 287 g/mol. The fourth-order valence-electron chi connectivity index (χ4n) is 1.41. The first kappa shape index (κ1) is 15.8. The van der Waals surface area contributed by atoms with Crippen LogP contribution in [0.1, 0.15) is 31.3 Å². The van der Waals surface area contributed by atoms with Crippen molar-refractivity contribution in [2.24, 2.45) is 0 Å². The Morgan fingerprint density at radius 2 is 2.06 bits per heavy atom. The van der Waals surface area contributed by atoms with Crippen LogP contribution in [0.3, 0.4) is 0 Å². The van der Waals surface area contributed by atoms with Crippen molar-refractivity contribution in [3.05, 3.63) is 10.6 Å². The van der Waals surface area contributed by atoms with Crippen LogP contribution in [0.2, 0.25) is 0 Å². The van der Waals surface area contributed by atoms with E-state index in [1.165, 1.54) is 4.88 Å². The van der Waals surface area contributed by atoms with E-state index in [-0.39, 0.29) is 5.54 Å². The third-order valence-electron chi connectivity index (χ3n) is 2.62. The zero-order valence-corrected chi connectivity index (χ0v) is 14.0. The second-order valence-corrected chi connectivity index (χ2v) is 7.57. The maximum atomic E-state index is 4.66. The molecule has 0 aromatic carbocycles. The van der Waals surface area contributed by atoms with E-state index < -0.39 is 0 Å². The number of thioether (sulfide) groups is 1. The molecule has 1 aromatic rings. The van der Waals surface area contributed by atoms with E-state index in [0.29, 0.717) is 0 Å². The van der Waals surface area contributed by atoms with Gasteiger partial charge in [-0.3, -0.25) is 0 Å². The lowest BCUT2D eigenvalue weighted by molar-refractivity contribution is 0.425. The molecule has 0 unspecified atom stereocenters. The molecule has 0 aliphatic heterocycles. The van der Waals surface area contributed by atoms with Gasteiger partial charge in [-0.1, -0.05) is 0 Å². The molecular formula is C13H25N3S2. The van der Waals surface area contributed by atoms with Crippen molar-refractivity contribution in [3.63, 3.8) is 0 Å². The maximum Gasteiger partial charge on any atom is 0.185 e. The summed E-state index contributed by atoms with van der Waals surface area (Å²) in [5, 5.41) is 4.65. The summed E-state index contributed by atoms with van der Waals surface area (Å²) in [6, 6.07) is 0. The molecule has 104 valence electrons. The van der Waals surface area contributed by atoms with Crippen LogP contribution in [-0.2, 0) is 6.54 Å². The van der Waals surface area contributed by atoms with Gasteiger partial charge in [0.25, 0.3) is 0 Å². The van der Waals surface area contributed by atoms with Gasteiger partial charge in [0, 0.05) is 36.3 Å². The number of nitrogens with zero attached hydrogens (tertiary/aromatic N) is 2. The van der Waals surface area contributed by atoms with Crippen molar-refractivity contribution in [1.29, 1.82) is 0 Å². The Balaban J connectivity index is 2.63. The molecule has 1 N–H and O–H groups in total. The molecule has 5 heteroatoms. The van der Waals surface area contributed by atoms with Gasteiger partial charge >= 0.3 is 0 Å². The van der Waals surface area contributed by atoms with E-state index in [9.17, 15) is 0 Å². The molecule has 0 spiro atoms. The molecule has 3 nitrogen and oxygen atoms in total. The number of aryl methyl sites for hydroxylation is 1. The number of thiazole rings is 1. The number of hydrogen-bond acceptors (Lipinski definition) is 5. The molecule has 18 heavy (non-hydrogen) atoms. The molecule has 1 aromatic heterocycles. The lowest BCUT2D eigenvalue weighted by Crippen LogP contribution is -2.34. The minimum absolute atomic E-state index is 0.154. The summed E-state index contributed by atoms with van der Waals surface area (Å²) in [6.07, 6.45) is 2.14. The number of rotatable bonds is 6. The zero-order chi connectivity index (χ0) is 13.8. The minimum atomic E-state index is 0.154. The first-order valence-corrected chi connectivity index (χ1v) is 8.46. The average Bonchev–Trinajstić information content (AvgIpc) is 2.64. The van der Waals surface area contributed by atoms with Gasteiger partial charge in [-0.25, -0.2) is 4.98 Å². The van der Waals surface area contributed by atoms with Crippen molar-refractivity contribution in [1.82, 2.24) is 10.3 Å². The van der Waals surface area contributed by atoms with Crippen LogP contribution in [0.4, 0.5) is 5.13 Å². The molecule has 0 saturated heterocycles. The third kappa shape index (κ3) is 5.16. The van der Waals surface area contributed by atoms with Crippen molar-refractivity contribution in [2.45, 2.75) is 39.8 Å². The van der Waals surface area contributed by atoms with Crippen LogP contribution in [0.25, 0.3) is 0 Å². The van der Waals surface area contributed by atoms with E-state index in [0.717, 1.165) is 29.7 Å². The second-order valence-electron chi connectivity index (χ2n) is 5.52. The van der Waals surface area contributed by atoms with Gasteiger partial charge in [-0.2, -0.15) is 11.8 Å². The van der Waals surface area contributed by atoms with Crippen LogP contribution in [0.5, 0.6) is 0 Å². The van der Waals surface area contributed by atoms with Crippen LogP contribution in [0.15, 0.2) is 0 Å². The maximum absolute atomic E-state index is 4.66. The first-order valence-electron chi connectivity index (χ1n) is 6.25. The quantitative estimate of drug-likeness (QED) is 0.870. The lowest BCUT2D eigenvalue weighted by atomic mass is 10.1. The number of anilines is 1. The smallest absolute Gasteiger partial charge is 0.185 e. The molecule has 0 amide bonds. The molecule has 0 radical (unpaired) electrons. The summed E-state index contributed by atoms with van der Waals surface area (Å²) in [5.74, 6) is 1.14. The van der Waals surface area contributed by atoms with Gasteiger partial charge in [0.2, 0.25) is 0 Å². The first-order chi connectivity index (χ1) is 8.33. The molecular weight excluding hydrogens is 262 g/mol. The van der Waals surface area contributed by atoms with Crippen LogP contribution in [-0.4, -0.2) is 36.1 Å². The van der Waals surface area contributed by atoms with Crippen molar-refractivity contribution in [3.8, 4) is 0 Å². The molecule has 0 atom stereocenters. The Morgan fingerprint density at radius 1 is 1.39 bits per heavy atom. The number of hydrogen-bond donors (Lipinski definition) is 1. The molecule has 0 aliphatic rings. The van der Waals surface area contributed by atoms with Gasteiger partial charge < -0.3 is 10.2 Å². The summed E-state index contributed by atoms with van der Waals surface area (Å²) in [6.45, 7) is 10.6. The van der Waals surface area contributed by atoms with E-state index in [4.69, 9.17) is 0 Å². The zero-order valence-electron chi connectivity index (χ0n) is 12.3. The molecule has 0 saturated carbocycles. The third-order valence-corrected chi connectivity index (χ3v) is 4.48. The fourth-order valence-corrected chi connectivity index (χ4v) is 2.85. The molecule has 1 rings (SSSR count). The Kier molecular flexibility index (Phi) is 5.95. The number of nitrogens with one attached hydrogen (secondary N) is 1. The molecule has 1 heterocycles. The van der Waals surface area contributed by atoms with E-state index in [1.54, 1.807) is 11.3 Å². The summed E-state index contributed by atoms with van der Waals surface area (Å²) in [7, 11) is 2.12. The second kappa shape index (κ2) is 6.78. The summed E-state index contributed by atoms with van der Waals surface area (Å²) in [5.41, 5.74) is 1.31. The van der Waals surface area contributed by atoms with Crippen molar-refractivity contribution < 1.29 is 0 Å². The predicted molar refractivity (Wildman–Crippen MR) is 85.1 cm³/mol. The highest BCUT2D eigenvalue weighted by Gasteiger charge is 2.14. The van der Waals surface area contributed by atoms with Crippen molar-refractivity contribution in [2.75, 3.05) is 30.5 Å². The lowest BCUT2D eigenvalue weighted by Gasteiger charge is -2.20. The minimum Gasteiger partial charge on any atom is -0.350 e. The highest BCUT2D eigenvalue weighted by atomic mass is 32.2. The molecule has 0 bridgehead atoms. The van der Waals surface area contributed by atoms with Crippen LogP contribution < -0.4 is 10.2 Å². The predicted octanol–water partition coefficient (Wildman–Crippen LogP) is 3.14. The summed E-state index contributed by atoms with van der Waals surface area (Å²) >= 11 is 3.67. The van der Waals surface area contributed by atoms with Crippen LogP contribution in [0, 0.1) is 6.92 Å². The Hall–Kier alpha value is -0.260. The van der Waals surface area contributed by atoms with Crippen LogP contribution >= 0.6 is 23.1 Å². The van der Waals surface area contributed by atoms with E-state index in [1.807, 2.05) is 11.8 Å². The van der Waals surface area contributed by atoms with Gasteiger partial charge in [-0.15, -0.1) is 11.3 Å². The standard InChI is InChI=1S/C13H25N3S2/c1-10-11(9-14-13(2,3)4)18-12(15-10)16(5)7-8-17-6/h14H,7-9H2,1-6H3. The van der Waals surface area contributed by atoms with Gasteiger partial charge in [0.05, 0.1) is 5.69 Å². The monoisotopic (exact) mass is 287 g/mol. The SMILES string of the molecule is CSCCN(C)c1nc(C)c(CNC(C)(C)C)s1. The van der Waals surface area contributed by atoms with E-state index in [2.05, 4.69) is 56.2 Å². The highest BCUT2D eigenvalue weighted by Crippen LogP contribution is 2.25. The number of aromatic nitrogens is 1. The van der Waals surface area contributed by atoms with E-state index >= 15 is 0 Å². The molecule has 0 aliphatic carbocycles. The Labute approximate surface area is 119 Å². The highest BCUT2D eigenvalue weighted by molar-refractivity contribution is 7.98. The summed E-state index contributed by atoms with van der Waals surface area (Å²) < 4.78 is 0. The topological polar surface area (TPSA) is 28.2 Å². The van der Waals surface area contributed by atoms with Crippen molar-refractivity contribution >= 4 is 28.2 Å². The largest absolute Gasteiger partial charge is 0.350 e. The summed E-state index contributed by atoms with van der Waals surface area (Å²) in [4.78, 5) is 8.25. The Bertz CT molecular complexity index is 369. The van der Waals surface area contributed by atoms with Gasteiger partial charge in [0.15, 0.2) is 5.13 Å². The Morgan fingerprint density at radius 3 is 2.61 bits per heavy atom. The fraction of sp³-hybridized carbons (Fsp3) is 0.769. The molecule has 0 fully saturated rings.